The highest BCUT2D eigenvalue weighted by Crippen LogP contribution is 2.33. The largest absolute Gasteiger partial charge is 0.495 e. The van der Waals surface area contributed by atoms with E-state index in [1.54, 1.807) is 48.5 Å². The molecule has 0 aliphatic heterocycles. The third kappa shape index (κ3) is 3.73. The average Bonchev–Trinajstić information content (AvgIpc) is 3.12. The molecule has 0 aliphatic rings. The van der Waals surface area contributed by atoms with Crippen molar-refractivity contribution in [1.82, 2.24) is 0 Å². The van der Waals surface area contributed by atoms with E-state index in [9.17, 15) is 14.0 Å². The molecule has 0 aliphatic carbocycles. The van der Waals surface area contributed by atoms with Crippen molar-refractivity contribution in [1.29, 1.82) is 0 Å². The minimum atomic E-state index is -0.565. The van der Waals surface area contributed by atoms with Gasteiger partial charge in [-0.3, -0.25) is 9.59 Å². The molecule has 0 bridgehead atoms. The maximum Gasteiger partial charge on any atom is 0.293 e. The van der Waals surface area contributed by atoms with Gasteiger partial charge in [0.2, 0.25) is 5.76 Å². The van der Waals surface area contributed by atoms with E-state index in [4.69, 9.17) is 9.15 Å². The van der Waals surface area contributed by atoms with Gasteiger partial charge in [0, 0.05) is 10.9 Å². The second-order valence-electron chi connectivity index (χ2n) is 6.42. The molecule has 0 atom stereocenters. The van der Waals surface area contributed by atoms with Crippen LogP contribution in [0.5, 0.6) is 5.75 Å². The Balaban J connectivity index is 1.71. The number of furan rings is 1. The first kappa shape index (κ1) is 19.2. The Morgan fingerprint density at radius 2 is 1.67 bits per heavy atom. The van der Waals surface area contributed by atoms with Crippen LogP contribution < -0.4 is 15.4 Å². The summed E-state index contributed by atoms with van der Waals surface area (Å²) in [5.41, 5.74) is 1.20. The van der Waals surface area contributed by atoms with Crippen LogP contribution in [-0.2, 0) is 0 Å². The van der Waals surface area contributed by atoms with Crippen molar-refractivity contribution in [3.8, 4) is 5.75 Å². The predicted molar refractivity (Wildman–Crippen MR) is 112 cm³/mol. The molecule has 4 rings (SSSR count). The molecule has 0 fully saturated rings. The lowest BCUT2D eigenvalue weighted by atomic mass is 10.1. The molecule has 0 saturated heterocycles. The first-order valence-corrected chi connectivity index (χ1v) is 9.09. The lowest BCUT2D eigenvalue weighted by Gasteiger charge is -2.10. The summed E-state index contributed by atoms with van der Waals surface area (Å²) in [7, 11) is 1.50. The normalized spacial score (nSPS) is 10.6. The van der Waals surface area contributed by atoms with E-state index in [0.717, 1.165) is 6.07 Å². The fraction of sp³-hybridized carbons (Fsp3) is 0.0435. The number of hydrogen-bond acceptors (Lipinski definition) is 4. The topological polar surface area (TPSA) is 80.6 Å². The van der Waals surface area contributed by atoms with Gasteiger partial charge in [-0.1, -0.05) is 30.3 Å². The SMILES string of the molecule is COc1ccccc1NC(=O)c1oc2ccccc2c1NC(=O)c1cccc(F)c1. The summed E-state index contributed by atoms with van der Waals surface area (Å²) in [6.07, 6.45) is 0. The molecule has 0 radical (unpaired) electrons. The van der Waals surface area contributed by atoms with Crippen LogP contribution in [0.3, 0.4) is 0 Å². The van der Waals surface area contributed by atoms with E-state index in [-0.39, 0.29) is 17.0 Å². The number of carbonyl (C=O) groups excluding carboxylic acids is 2. The van der Waals surface area contributed by atoms with E-state index in [2.05, 4.69) is 10.6 Å². The molecule has 4 aromatic rings. The zero-order chi connectivity index (χ0) is 21.1. The number of methoxy groups -OCH3 is 1. The number of amides is 2. The molecule has 0 spiro atoms. The Morgan fingerprint density at radius 1 is 0.900 bits per heavy atom. The Hall–Kier alpha value is -4.13. The minimum absolute atomic E-state index is 0.0770. The standard InChI is InChI=1S/C23H17FN2O4/c1-29-19-12-5-3-10-17(19)25-23(28)21-20(16-9-2-4-11-18(16)30-21)26-22(27)14-7-6-8-15(24)13-14/h2-13H,1H3,(H,25,28)(H,26,27). The second kappa shape index (κ2) is 8.08. The van der Waals surface area contributed by atoms with E-state index in [1.165, 1.54) is 25.3 Å². The molecule has 6 nitrogen and oxygen atoms in total. The molecule has 0 unspecified atom stereocenters. The van der Waals surface area contributed by atoms with Crippen LogP contribution in [0, 0.1) is 5.82 Å². The summed E-state index contributed by atoms with van der Waals surface area (Å²) in [5.74, 6) is -1.26. The molecule has 0 saturated carbocycles. The van der Waals surface area contributed by atoms with Gasteiger partial charge >= 0.3 is 0 Å². The van der Waals surface area contributed by atoms with E-state index >= 15 is 0 Å². The summed E-state index contributed by atoms with van der Waals surface area (Å²) in [6.45, 7) is 0. The number of halogens is 1. The van der Waals surface area contributed by atoms with Crippen molar-refractivity contribution in [3.63, 3.8) is 0 Å². The molecule has 2 amide bonds. The highest BCUT2D eigenvalue weighted by Gasteiger charge is 2.23. The first-order valence-electron chi connectivity index (χ1n) is 9.09. The smallest absolute Gasteiger partial charge is 0.293 e. The van der Waals surface area contributed by atoms with Gasteiger partial charge in [-0.25, -0.2) is 4.39 Å². The van der Waals surface area contributed by atoms with E-state index in [0.29, 0.717) is 22.4 Å². The maximum atomic E-state index is 13.5. The van der Waals surface area contributed by atoms with Gasteiger partial charge in [-0.2, -0.15) is 0 Å². The van der Waals surface area contributed by atoms with Gasteiger partial charge < -0.3 is 19.8 Å². The van der Waals surface area contributed by atoms with Crippen LogP contribution in [0.1, 0.15) is 20.9 Å². The molecule has 3 aromatic carbocycles. The molecule has 1 aromatic heterocycles. The first-order chi connectivity index (χ1) is 14.6. The van der Waals surface area contributed by atoms with Crippen molar-refractivity contribution >= 4 is 34.2 Å². The quantitative estimate of drug-likeness (QED) is 0.486. The maximum absolute atomic E-state index is 13.5. The zero-order valence-electron chi connectivity index (χ0n) is 15.9. The highest BCUT2D eigenvalue weighted by molar-refractivity contribution is 6.17. The zero-order valence-corrected chi connectivity index (χ0v) is 15.9. The van der Waals surface area contributed by atoms with Crippen molar-refractivity contribution in [2.24, 2.45) is 0 Å². The Labute approximate surface area is 171 Å². The van der Waals surface area contributed by atoms with Gasteiger partial charge in [-0.05, 0) is 42.5 Å². The van der Waals surface area contributed by atoms with Gasteiger partial charge in [0.1, 0.15) is 22.8 Å². The Bertz CT molecular complexity index is 1250. The van der Waals surface area contributed by atoms with E-state index in [1.807, 2.05) is 0 Å². The summed E-state index contributed by atoms with van der Waals surface area (Å²) in [4.78, 5) is 25.6. The fourth-order valence-electron chi connectivity index (χ4n) is 3.07. The summed E-state index contributed by atoms with van der Waals surface area (Å²) in [6, 6.07) is 19.1. The summed E-state index contributed by atoms with van der Waals surface area (Å²) in [5, 5.41) is 5.96. The number of benzene rings is 3. The minimum Gasteiger partial charge on any atom is -0.495 e. The number of para-hydroxylation sites is 3. The van der Waals surface area contributed by atoms with Crippen molar-refractivity contribution < 1.29 is 23.1 Å². The number of anilines is 2. The second-order valence-corrected chi connectivity index (χ2v) is 6.42. The monoisotopic (exact) mass is 404 g/mol. The number of ether oxygens (including phenoxy) is 1. The van der Waals surface area contributed by atoms with Crippen LogP contribution in [0.4, 0.5) is 15.8 Å². The lowest BCUT2D eigenvalue weighted by molar-refractivity contribution is 0.0999. The number of carbonyl (C=O) groups is 2. The number of hydrogen-bond donors (Lipinski definition) is 2. The van der Waals surface area contributed by atoms with Crippen LogP contribution >= 0.6 is 0 Å². The average molecular weight is 404 g/mol. The Kier molecular flexibility index (Phi) is 5.17. The number of rotatable bonds is 5. The molecular formula is C23H17FN2O4. The van der Waals surface area contributed by atoms with Crippen molar-refractivity contribution in [2.75, 3.05) is 17.7 Å². The third-order valence-corrected chi connectivity index (χ3v) is 4.48. The molecule has 2 N–H and O–H groups in total. The summed E-state index contributed by atoms with van der Waals surface area (Å²) < 4.78 is 24.5. The molecular weight excluding hydrogens is 387 g/mol. The fourth-order valence-corrected chi connectivity index (χ4v) is 3.07. The van der Waals surface area contributed by atoms with Crippen molar-refractivity contribution in [2.45, 2.75) is 0 Å². The van der Waals surface area contributed by atoms with Gasteiger partial charge in [-0.15, -0.1) is 0 Å². The number of fused-ring (bicyclic) bond motifs is 1. The molecule has 1 heterocycles. The lowest BCUT2D eigenvalue weighted by Crippen LogP contribution is -2.17. The van der Waals surface area contributed by atoms with Crippen LogP contribution in [-0.4, -0.2) is 18.9 Å². The van der Waals surface area contributed by atoms with Gasteiger partial charge in [0.05, 0.1) is 12.8 Å². The molecule has 7 heteroatoms. The predicted octanol–water partition coefficient (Wildman–Crippen LogP) is 5.09. The molecule has 30 heavy (non-hydrogen) atoms. The van der Waals surface area contributed by atoms with Crippen LogP contribution in [0.25, 0.3) is 11.0 Å². The van der Waals surface area contributed by atoms with Crippen LogP contribution in [0.2, 0.25) is 0 Å². The Morgan fingerprint density at radius 3 is 2.47 bits per heavy atom. The highest BCUT2D eigenvalue weighted by atomic mass is 19.1. The van der Waals surface area contributed by atoms with Crippen molar-refractivity contribution in [3.05, 3.63) is 89.9 Å². The van der Waals surface area contributed by atoms with Gasteiger partial charge in [0.15, 0.2) is 0 Å². The molecule has 150 valence electrons. The number of nitrogens with one attached hydrogen (secondary N) is 2. The van der Waals surface area contributed by atoms with Gasteiger partial charge in [0.25, 0.3) is 11.8 Å². The third-order valence-electron chi connectivity index (χ3n) is 4.48. The van der Waals surface area contributed by atoms with E-state index < -0.39 is 17.6 Å². The van der Waals surface area contributed by atoms with Crippen LogP contribution in [0.15, 0.2) is 77.2 Å². The summed E-state index contributed by atoms with van der Waals surface area (Å²) >= 11 is 0.